The van der Waals surface area contributed by atoms with Gasteiger partial charge < -0.3 is 16.0 Å². The summed E-state index contributed by atoms with van der Waals surface area (Å²) in [5.74, 6) is 0.578. The molecule has 2 saturated heterocycles. The summed E-state index contributed by atoms with van der Waals surface area (Å²) in [6, 6.07) is 5.53. The van der Waals surface area contributed by atoms with Crippen molar-refractivity contribution in [2.45, 2.75) is 19.0 Å². The van der Waals surface area contributed by atoms with Crippen LogP contribution in [0.4, 0.5) is 16.0 Å². The fourth-order valence-electron chi connectivity index (χ4n) is 4.56. The molecular weight excluding hydrogens is 393 g/mol. The number of aromatic nitrogens is 2. The van der Waals surface area contributed by atoms with Crippen molar-refractivity contribution >= 4 is 17.2 Å². The Morgan fingerprint density at radius 3 is 2.81 bits per heavy atom. The molecule has 8 heteroatoms. The molecule has 5 rings (SSSR count). The zero-order valence-corrected chi connectivity index (χ0v) is 17.8. The summed E-state index contributed by atoms with van der Waals surface area (Å²) in [5, 5.41) is 5.50. The third-order valence-corrected chi connectivity index (χ3v) is 6.55. The topological polar surface area (TPSA) is 82.3 Å². The van der Waals surface area contributed by atoms with E-state index in [9.17, 15) is 4.39 Å². The Hall–Kier alpha value is -2.81. The molecule has 1 aromatic carbocycles. The highest BCUT2D eigenvalue weighted by molar-refractivity contribution is 5.85. The second-order valence-electron chi connectivity index (χ2n) is 8.47. The van der Waals surface area contributed by atoms with Gasteiger partial charge in [0.15, 0.2) is 0 Å². The number of piperazine rings is 1. The molecule has 3 unspecified atom stereocenters. The number of hydrazine groups is 1. The van der Waals surface area contributed by atoms with Crippen molar-refractivity contribution in [3.8, 4) is 11.3 Å². The van der Waals surface area contributed by atoms with Gasteiger partial charge >= 0.3 is 0 Å². The second-order valence-corrected chi connectivity index (χ2v) is 8.47. The Morgan fingerprint density at radius 2 is 2.03 bits per heavy atom. The summed E-state index contributed by atoms with van der Waals surface area (Å²) in [6.45, 7) is 5.69. The van der Waals surface area contributed by atoms with Crippen molar-refractivity contribution in [3.63, 3.8) is 0 Å². The van der Waals surface area contributed by atoms with Crippen LogP contribution >= 0.6 is 0 Å². The Morgan fingerprint density at radius 1 is 1.23 bits per heavy atom. The molecule has 31 heavy (non-hydrogen) atoms. The smallest absolute Gasteiger partial charge is 0.225 e. The molecule has 7 nitrogen and oxygen atoms in total. The van der Waals surface area contributed by atoms with E-state index in [-0.39, 0.29) is 11.7 Å². The average molecular weight is 422 g/mol. The predicted molar refractivity (Wildman–Crippen MR) is 122 cm³/mol. The average Bonchev–Trinajstić information content (AvgIpc) is 3.09. The SMILES string of the molecule is CC1C2C=C(c3cnc(N4CCNCC4)nc3-c3ccc(N)c(F)c3)C=CC2NN1C. The maximum atomic E-state index is 14.3. The summed E-state index contributed by atoms with van der Waals surface area (Å²) in [7, 11) is 2.07. The van der Waals surface area contributed by atoms with Gasteiger partial charge in [-0.2, -0.15) is 0 Å². The Kier molecular flexibility index (Phi) is 5.21. The molecule has 3 heterocycles. The minimum Gasteiger partial charge on any atom is -0.396 e. The number of rotatable bonds is 3. The highest BCUT2D eigenvalue weighted by Gasteiger charge is 2.36. The fraction of sp³-hybridized carbons (Fsp3) is 0.391. The van der Waals surface area contributed by atoms with Gasteiger partial charge in [-0.3, -0.25) is 0 Å². The van der Waals surface area contributed by atoms with Gasteiger partial charge in [-0.05, 0) is 24.6 Å². The molecule has 0 bridgehead atoms. The van der Waals surface area contributed by atoms with Crippen LogP contribution in [0.1, 0.15) is 12.5 Å². The van der Waals surface area contributed by atoms with Crippen LogP contribution in [0.2, 0.25) is 0 Å². The quantitative estimate of drug-likeness (QED) is 0.655. The van der Waals surface area contributed by atoms with Crippen molar-refractivity contribution in [2.75, 3.05) is 43.9 Å². The molecular formula is C23H28FN7. The van der Waals surface area contributed by atoms with Crippen molar-refractivity contribution in [1.82, 2.24) is 25.7 Å². The Balaban J connectivity index is 1.59. The van der Waals surface area contributed by atoms with Crippen LogP contribution < -0.4 is 21.4 Å². The maximum absolute atomic E-state index is 14.3. The standard InChI is InChI=1S/C23H28FN7/c1-14-17-11-15(4-6-21(17)29-30(14)2)18-13-27-23(31-9-7-26-8-10-31)28-22(18)16-3-5-20(25)19(24)12-16/h3-6,11-14,17,21,26,29H,7-10,25H2,1-2H3. The van der Waals surface area contributed by atoms with Crippen LogP contribution in [0.5, 0.6) is 0 Å². The number of halogens is 1. The number of nitrogens with one attached hydrogen (secondary N) is 2. The number of nitrogens with two attached hydrogens (primary N) is 1. The second kappa shape index (κ2) is 8.03. The van der Waals surface area contributed by atoms with E-state index in [1.807, 2.05) is 12.3 Å². The predicted octanol–water partition coefficient (Wildman–Crippen LogP) is 2.05. The van der Waals surface area contributed by atoms with Gasteiger partial charge in [0, 0.05) is 68.6 Å². The van der Waals surface area contributed by atoms with Crippen molar-refractivity contribution in [3.05, 3.63) is 54.0 Å². The van der Waals surface area contributed by atoms with Crippen LogP contribution in [0.3, 0.4) is 0 Å². The van der Waals surface area contributed by atoms with E-state index in [2.05, 4.69) is 52.9 Å². The molecule has 0 saturated carbocycles. The number of allylic oxidation sites excluding steroid dienone is 2. The summed E-state index contributed by atoms with van der Waals surface area (Å²) >= 11 is 0. The van der Waals surface area contributed by atoms with E-state index in [1.54, 1.807) is 6.07 Å². The van der Waals surface area contributed by atoms with Gasteiger partial charge in [0.1, 0.15) is 5.82 Å². The van der Waals surface area contributed by atoms with Gasteiger partial charge in [0.05, 0.1) is 11.4 Å². The maximum Gasteiger partial charge on any atom is 0.225 e. The summed E-state index contributed by atoms with van der Waals surface area (Å²) in [6.07, 6.45) is 8.46. The lowest BCUT2D eigenvalue weighted by Gasteiger charge is -2.28. The number of hydrogen-bond donors (Lipinski definition) is 3. The van der Waals surface area contributed by atoms with E-state index in [4.69, 9.17) is 15.7 Å². The third-order valence-electron chi connectivity index (χ3n) is 6.55. The molecule has 3 atom stereocenters. The monoisotopic (exact) mass is 421 g/mol. The number of nitrogens with zero attached hydrogens (tertiary/aromatic N) is 4. The van der Waals surface area contributed by atoms with Crippen LogP contribution in [-0.4, -0.2) is 60.3 Å². The van der Waals surface area contributed by atoms with Gasteiger partial charge in [-0.15, -0.1) is 0 Å². The zero-order valence-electron chi connectivity index (χ0n) is 17.8. The molecule has 0 amide bonds. The first-order valence-corrected chi connectivity index (χ1v) is 10.8. The number of fused-ring (bicyclic) bond motifs is 1. The molecule has 4 N–H and O–H groups in total. The molecule has 2 aromatic rings. The lowest BCUT2D eigenvalue weighted by molar-refractivity contribution is 0.238. The van der Waals surface area contributed by atoms with Gasteiger partial charge in [-0.25, -0.2) is 24.8 Å². The molecule has 1 aliphatic carbocycles. The summed E-state index contributed by atoms with van der Waals surface area (Å²) in [4.78, 5) is 11.8. The van der Waals surface area contributed by atoms with Crippen molar-refractivity contribution in [2.24, 2.45) is 5.92 Å². The molecule has 1 aromatic heterocycles. The van der Waals surface area contributed by atoms with E-state index in [1.165, 1.54) is 6.07 Å². The summed E-state index contributed by atoms with van der Waals surface area (Å²) in [5.41, 5.74) is 12.7. The normalized spacial score (nSPS) is 26.1. The van der Waals surface area contributed by atoms with E-state index >= 15 is 0 Å². The number of anilines is 2. The lowest BCUT2D eigenvalue weighted by Crippen LogP contribution is -2.44. The molecule has 3 aliphatic rings. The summed E-state index contributed by atoms with van der Waals surface area (Å²) < 4.78 is 14.3. The van der Waals surface area contributed by atoms with Crippen molar-refractivity contribution < 1.29 is 4.39 Å². The number of hydrogen-bond acceptors (Lipinski definition) is 7. The molecule has 162 valence electrons. The number of nitrogen functional groups attached to an aromatic ring is 1. The first-order chi connectivity index (χ1) is 15.0. The molecule has 2 aliphatic heterocycles. The molecule has 0 spiro atoms. The third kappa shape index (κ3) is 3.71. The fourth-order valence-corrected chi connectivity index (χ4v) is 4.56. The van der Waals surface area contributed by atoms with Crippen LogP contribution in [-0.2, 0) is 0 Å². The highest BCUT2D eigenvalue weighted by Crippen LogP contribution is 2.36. The van der Waals surface area contributed by atoms with E-state index in [0.29, 0.717) is 23.5 Å². The van der Waals surface area contributed by atoms with E-state index < -0.39 is 5.82 Å². The van der Waals surface area contributed by atoms with Gasteiger partial charge in [0.25, 0.3) is 0 Å². The Bertz CT molecular complexity index is 1040. The van der Waals surface area contributed by atoms with Gasteiger partial charge in [0.2, 0.25) is 5.95 Å². The van der Waals surface area contributed by atoms with Gasteiger partial charge in [-0.1, -0.05) is 24.3 Å². The zero-order chi connectivity index (χ0) is 21.5. The highest BCUT2D eigenvalue weighted by atomic mass is 19.1. The number of benzene rings is 1. The largest absolute Gasteiger partial charge is 0.396 e. The first-order valence-electron chi connectivity index (χ1n) is 10.8. The Labute approximate surface area is 181 Å². The lowest BCUT2D eigenvalue weighted by atomic mass is 9.85. The minimum absolute atomic E-state index is 0.134. The molecule has 2 fully saturated rings. The van der Waals surface area contributed by atoms with Crippen LogP contribution in [0.25, 0.3) is 16.8 Å². The minimum atomic E-state index is -0.436. The van der Waals surface area contributed by atoms with Crippen LogP contribution in [0, 0.1) is 11.7 Å². The molecule has 0 radical (unpaired) electrons. The van der Waals surface area contributed by atoms with Crippen molar-refractivity contribution in [1.29, 1.82) is 0 Å². The first kappa shape index (κ1) is 20.1. The van der Waals surface area contributed by atoms with E-state index in [0.717, 1.165) is 43.0 Å². The van der Waals surface area contributed by atoms with Crippen LogP contribution in [0.15, 0.2) is 42.6 Å².